The summed E-state index contributed by atoms with van der Waals surface area (Å²) in [6.07, 6.45) is 4.46. The van der Waals surface area contributed by atoms with Crippen molar-refractivity contribution < 1.29 is 4.74 Å². The molecule has 4 aromatic rings. The lowest BCUT2D eigenvalue weighted by Gasteiger charge is -2.29. The van der Waals surface area contributed by atoms with Crippen LogP contribution in [0, 0.1) is 18.9 Å². The number of aryl methyl sites for hydroxylation is 1. The summed E-state index contributed by atoms with van der Waals surface area (Å²) in [7, 11) is 1.68. The van der Waals surface area contributed by atoms with Crippen LogP contribution < -0.4 is 9.64 Å². The van der Waals surface area contributed by atoms with Gasteiger partial charge in [-0.3, -0.25) is 0 Å². The van der Waals surface area contributed by atoms with Gasteiger partial charge in [0.05, 0.1) is 36.7 Å². The number of methoxy groups -OCH3 is 1. The van der Waals surface area contributed by atoms with Gasteiger partial charge in [-0.05, 0) is 49.1 Å². The van der Waals surface area contributed by atoms with Gasteiger partial charge in [0.25, 0.3) is 0 Å². The molecule has 3 heterocycles. The standard InChI is InChI=1S/C22H23N6O/c1-14-7-8-17(28-23-10-11-24-28)18(13-14)27-12-9-15(2)21(27)22-25-16-5-4-6-19(29-3)20(16)26-22/h4-7,10-11,13,15,21H,9,12H2,1-3H3,(H,25,26)/t15-,21-/m0/s1. The molecule has 2 atom stereocenters. The molecule has 0 bridgehead atoms. The molecule has 0 unspecified atom stereocenters. The van der Waals surface area contributed by atoms with E-state index in [9.17, 15) is 0 Å². The lowest BCUT2D eigenvalue weighted by atomic mass is 10.0. The van der Waals surface area contributed by atoms with E-state index in [0.717, 1.165) is 52.5 Å². The van der Waals surface area contributed by atoms with Crippen molar-refractivity contribution in [3.63, 3.8) is 0 Å². The van der Waals surface area contributed by atoms with Crippen molar-refractivity contribution >= 4 is 16.7 Å². The maximum absolute atomic E-state index is 5.50. The number of hydrogen-bond donors (Lipinski definition) is 1. The zero-order valence-electron chi connectivity index (χ0n) is 16.8. The number of nitrogens with one attached hydrogen (secondary N) is 1. The van der Waals surface area contributed by atoms with Gasteiger partial charge in [0.2, 0.25) is 0 Å². The van der Waals surface area contributed by atoms with E-state index in [2.05, 4.69) is 46.1 Å². The van der Waals surface area contributed by atoms with E-state index in [4.69, 9.17) is 9.72 Å². The predicted molar refractivity (Wildman–Crippen MR) is 111 cm³/mol. The average molecular weight is 387 g/mol. The Kier molecular flexibility index (Phi) is 4.23. The first-order valence-electron chi connectivity index (χ1n) is 9.84. The molecule has 1 N–H and O–H groups in total. The fraction of sp³-hybridized carbons (Fsp3) is 0.318. The van der Waals surface area contributed by atoms with E-state index in [1.807, 2.05) is 24.3 Å². The molecule has 147 valence electrons. The number of rotatable bonds is 4. The third-order valence-electron chi connectivity index (χ3n) is 5.67. The smallest absolute Gasteiger partial charge is 0.146 e. The normalized spacial score (nSPS) is 19.2. The van der Waals surface area contributed by atoms with Gasteiger partial charge in [-0.1, -0.05) is 13.0 Å². The summed E-state index contributed by atoms with van der Waals surface area (Å²) < 4.78 is 5.50. The number of H-pyrrole nitrogens is 1. The highest BCUT2D eigenvalue weighted by molar-refractivity contribution is 5.82. The van der Waals surface area contributed by atoms with Crippen molar-refractivity contribution in [2.24, 2.45) is 5.92 Å². The fourth-order valence-corrected chi connectivity index (χ4v) is 4.26. The third kappa shape index (κ3) is 2.93. The van der Waals surface area contributed by atoms with E-state index in [1.54, 1.807) is 24.3 Å². The molecule has 1 aliphatic heterocycles. The average Bonchev–Trinajstić information content (AvgIpc) is 3.46. The van der Waals surface area contributed by atoms with Crippen molar-refractivity contribution in [3.05, 3.63) is 60.2 Å². The lowest BCUT2D eigenvalue weighted by molar-refractivity contribution is 0.419. The Morgan fingerprint density at radius 2 is 2.07 bits per heavy atom. The molecule has 2 aromatic carbocycles. The zero-order valence-corrected chi connectivity index (χ0v) is 16.8. The van der Waals surface area contributed by atoms with Crippen LogP contribution in [-0.2, 0) is 0 Å². The number of hydrogen-bond acceptors (Lipinski definition) is 5. The summed E-state index contributed by atoms with van der Waals surface area (Å²) in [5.41, 5.74) is 4.94. The summed E-state index contributed by atoms with van der Waals surface area (Å²) in [4.78, 5) is 12.5. The van der Waals surface area contributed by atoms with E-state index in [0.29, 0.717) is 5.92 Å². The van der Waals surface area contributed by atoms with Gasteiger partial charge in [-0.25, -0.2) is 4.98 Å². The van der Waals surface area contributed by atoms with Crippen molar-refractivity contribution in [2.45, 2.75) is 26.3 Å². The Bertz CT molecular complexity index is 1150. The Hall–Kier alpha value is -3.35. The quantitative estimate of drug-likeness (QED) is 0.576. The maximum atomic E-state index is 5.50. The number of nitrogens with zero attached hydrogens (tertiary/aromatic N) is 5. The fourth-order valence-electron chi connectivity index (χ4n) is 4.26. The summed E-state index contributed by atoms with van der Waals surface area (Å²) in [5, 5.41) is 8.66. The van der Waals surface area contributed by atoms with E-state index < -0.39 is 0 Å². The number of ether oxygens (including phenoxy) is 1. The summed E-state index contributed by atoms with van der Waals surface area (Å²) in [5.74, 6) is 2.18. The number of para-hydroxylation sites is 1. The van der Waals surface area contributed by atoms with Gasteiger partial charge in [-0.2, -0.15) is 10.2 Å². The highest BCUT2D eigenvalue weighted by atomic mass is 16.5. The second-order valence-electron chi connectivity index (χ2n) is 7.61. The Morgan fingerprint density at radius 3 is 2.86 bits per heavy atom. The maximum Gasteiger partial charge on any atom is 0.146 e. The van der Waals surface area contributed by atoms with Gasteiger partial charge in [0, 0.05) is 12.6 Å². The van der Waals surface area contributed by atoms with Crippen LogP contribution in [0.1, 0.15) is 30.8 Å². The molecule has 1 fully saturated rings. The largest absolute Gasteiger partial charge is 0.494 e. The van der Waals surface area contributed by atoms with Crippen LogP contribution in [0.2, 0.25) is 0 Å². The van der Waals surface area contributed by atoms with Crippen LogP contribution in [0.15, 0.2) is 42.7 Å². The predicted octanol–water partition coefficient (Wildman–Crippen LogP) is 3.85. The van der Waals surface area contributed by atoms with Crippen LogP contribution in [0.4, 0.5) is 5.69 Å². The molecule has 7 nitrogen and oxygen atoms in total. The van der Waals surface area contributed by atoms with Crippen LogP contribution in [0.3, 0.4) is 0 Å². The number of fused-ring (bicyclic) bond motifs is 1. The Balaban J connectivity index is 1.63. The Labute approximate surface area is 169 Å². The number of imidazole rings is 1. The molecule has 0 spiro atoms. The topological polar surface area (TPSA) is 71.9 Å². The third-order valence-corrected chi connectivity index (χ3v) is 5.67. The van der Waals surface area contributed by atoms with Crippen LogP contribution in [-0.4, -0.2) is 38.6 Å². The molecule has 0 aliphatic carbocycles. The number of aromatic nitrogens is 5. The minimum atomic E-state index is 0.122. The SMILES string of the molecule is COc1cccc2[nH]c([C@@H]3[C@@H](C)CCN3c3cc(C)c[c]c3-n3nccn3)nc12. The monoisotopic (exact) mass is 387 g/mol. The van der Waals surface area contributed by atoms with E-state index in [-0.39, 0.29) is 6.04 Å². The number of anilines is 1. The van der Waals surface area contributed by atoms with Gasteiger partial charge in [-0.15, -0.1) is 4.80 Å². The number of aromatic amines is 1. The second kappa shape index (κ2) is 6.92. The molecule has 0 amide bonds. The van der Waals surface area contributed by atoms with Gasteiger partial charge in [0.1, 0.15) is 22.8 Å². The molecule has 1 radical (unpaired) electrons. The first-order valence-corrected chi connectivity index (χ1v) is 9.84. The molecule has 29 heavy (non-hydrogen) atoms. The van der Waals surface area contributed by atoms with Crippen molar-refractivity contribution in [3.8, 4) is 11.4 Å². The molecular formula is C22H23N6O. The Morgan fingerprint density at radius 1 is 1.24 bits per heavy atom. The second-order valence-corrected chi connectivity index (χ2v) is 7.61. The van der Waals surface area contributed by atoms with Crippen LogP contribution >= 0.6 is 0 Å². The molecular weight excluding hydrogens is 364 g/mol. The van der Waals surface area contributed by atoms with E-state index in [1.165, 1.54) is 0 Å². The lowest BCUT2D eigenvalue weighted by Crippen LogP contribution is -2.27. The highest BCUT2D eigenvalue weighted by Gasteiger charge is 2.36. The summed E-state index contributed by atoms with van der Waals surface area (Å²) in [6, 6.07) is 13.6. The van der Waals surface area contributed by atoms with Crippen molar-refractivity contribution in [1.29, 1.82) is 0 Å². The minimum Gasteiger partial charge on any atom is -0.494 e. The summed E-state index contributed by atoms with van der Waals surface area (Å²) in [6.45, 7) is 5.30. The van der Waals surface area contributed by atoms with Gasteiger partial charge >= 0.3 is 0 Å². The van der Waals surface area contributed by atoms with Crippen LogP contribution in [0.25, 0.3) is 16.7 Å². The van der Waals surface area contributed by atoms with Gasteiger partial charge in [0.15, 0.2) is 0 Å². The van der Waals surface area contributed by atoms with E-state index >= 15 is 0 Å². The minimum absolute atomic E-state index is 0.122. The summed E-state index contributed by atoms with van der Waals surface area (Å²) >= 11 is 0. The molecule has 1 saturated heterocycles. The number of benzene rings is 2. The highest BCUT2D eigenvalue weighted by Crippen LogP contribution is 2.42. The van der Waals surface area contributed by atoms with Gasteiger partial charge < -0.3 is 14.6 Å². The van der Waals surface area contributed by atoms with Crippen molar-refractivity contribution in [2.75, 3.05) is 18.6 Å². The molecule has 0 saturated carbocycles. The first-order chi connectivity index (χ1) is 14.2. The van der Waals surface area contributed by atoms with Crippen LogP contribution in [0.5, 0.6) is 5.75 Å². The van der Waals surface area contributed by atoms with Crippen molar-refractivity contribution in [1.82, 2.24) is 25.0 Å². The molecule has 1 aliphatic rings. The molecule has 2 aromatic heterocycles. The molecule has 7 heteroatoms. The first kappa shape index (κ1) is 17.7. The molecule has 5 rings (SSSR count). The zero-order chi connectivity index (χ0) is 20.0.